The van der Waals surface area contributed by atoms with Gasteiger partial charge in [0.15, 0.2) is 0 Å². The Bertz CT molecular complexity index is 464. The van der Waals surface area contributed by atoms with E-state index in [0.717, 1.165) is 5.92 Å². The van der Waals surface area contributed by atoms with Crippen LogP contribution in [-0.4, -0.2) is 11.7 Å². The zero-order valence-corrected chi connectivity index (χ0v) is 14.1. The minimum Gasteiger partial charge on any atom is -0.396 e. The predicted octanol–water partition coefficient (Wildman–Crippen LogP) is 5.11. The molecule has 3 aliphatic carbocycles. The second-order valence-corrected chi connectivity index (χ2v) is 8.87. The van der Waals surface area contributed by atoms with Crippen LogP contribution in [0.2, 0.25) is 0 Å². The van der Waals surface area contributed by atoms with Gasteiger partial charge in [-0.1, -0.05) is 44.9 Å². The molecule has 0 aromatic heterocycles. The van der Waals surface area contributed by atoms with Gasteiger partial charge in [0.05, 0.1) is 0 Å². The van der Waals surface area contributed by atoms with Crippen LogP contribution < -0.4 is 0 Å². The van der Waals surface area contributed by atoms with Crippen LogP contribution >= 0.6 is 0 Å². The SMILES string of the molecule is C=C[C@]1(C)CC[C@@H]2C(=CC[C@@H]3[C@](C)(CO)CCC[C@@]23C)C1. The number of hydrogen-bond donors (Lipinski definition) is 1. The van der Waals surface area contributed by atoms with E-state index in [1.807, 2.05) is 0 Å². The summed E-state index contributed by atoms with van der Waals surface area (Å²) in [5, 5.41) is 9.99. The van der Waals surface area contributed by atoms with Crippen LogP contribution in [0.5, 0.6) is 0 Å². The normalized spacial score (nSPS) is 49.8. The molecule has 1 nitrogen and oxygen atoms in total. The molecule has 118 valence electrons. The van der Waals surface area contributed by atoms with Crippen molar-refractivity contribution < 1.29 is 5.11 Å². The van der Waals surface area contributed by atoms with Crippen LogP contribution in [-0.2, 0) is 0 Å². The molecule has 0 aromatic rings. The van der Waals surface area contributed by atoms with Gasteiger partial charge in [-0.15, -0.1) is 6.58 Å². The molecule has 0 amide bonds. The molecule has 2 fully saturated rings. The van der Waals surface area contributed by atoms with Gasteiger partial charge in [-0.2, -0.15) is 0 Å². The molecule has 2 saturated carbocycles. The zero-order valence-electron chi connectivity index (χ0n) is 14.1. The Hall–Kier alpha value is -0.560. The molecule has 1 N–H and O–H groups in total. The summed E-state index contributed by atoms with van der Waals surface area (Å²) in [6.45, 7) is 11.6. The highest BCUT2D eigenvalue weighted by atomic mass is 16.3. The standard InChI is InChI=1S/C20H32O/c1-5-18(2)12-9-16-15(13-18)7-8-17-19(3,14-21)10-6-11-20(16,17)4/h5,7,16-17,21H,1,6,8-14H2,2-4H3/t16-,17-,18-,19+,20+/m1/s1. The lowest BCUT2D eigenvalue weighted by molar-refractivity contribution is -0.0805. The number of aliphatic hydroxyl groups excluding tert-OH is 1. The number of rotatable bonds is 2. The molecule has 0 radical (unpaired) electrons. The van der Waals surface area contributed by atoms with E-state index in [1.165, 1.54) is 44.9 Å². The van der Waals surface area contributed by atoms with Gasteiger partial charge in [0, 0.05) is 6.61 Å². The average molecular weight is 288 g/mol. The lowest BCUT2D eigenvalue weighted by atomic mass is 9.45. The minimum atomic E-state index is 0.133. The van der Waals surface area contributed by atoms with Crippen molar-refractivity contribution in [3.05, 3.63) is 24.3 Å². The summed E-state index contributed by atoms with van der Waals surface area (Å²) >= 11 is 0. The highest BCUT2D eigenvalue weighted by Crippen LogP contribution is 2.63. The average Bonchev–Trinajstić information content (AvgIpc) is 2.46. The molecule has 0 saturated heterocycles. The summed E-state index contributed by atoms with van der Waals surface area (Å²) in [4.78, 5) is 0. The van der Waals surface area contributed by atoms with E-state index < -0.39 is 0 Å². The molecule has 21 heavy (non-hydrogen) atoms. The molecule has 3 rings (SSSR count). The summed E-state index contributed by atoms with van der Waals surface area (Å²) in [7, 11) is 0. The summed E-state index contributed by atoms with van der Waals surface area (Å²) in [6.07, 6.45) is 13.5. The van der Waals surface area contributed by atoms with Gasteiger partial charge in [0.25, 0.3) is 0 Å². The molecular formula is C20H32O. The summed E-state index contributed by atoms with van der Waals surface area (Å²) in [5.41, 5.74) is 2.54. The first-order valence-corrected chi connectivity index (χ1v) is 8.80. The van der Waals surface area contributed by atoms with Crippen molar-refractivity contribution >= 4 is 0 Å². The first-order chi connectivity index (χ1) is 9.87. The fourth-order valence-corrected chi connectivity index (χ4v) is 5.93. The highest BCUT2D eigenvalue weighted by molar-refractivity contribution is 5.25. The van der Waals surface area contributed by atoms with Gasteiger partial charge in [0.2, 0.25) is 0 Å². The van der Waals surface area contributed by atoms with Crippen molar-refractivity contribution in [2.45, 2.75) is 65.7 Å². The molecule has 5 atom stereocenters. The van der Waals surface area contributed by atoms with E-state index in [-0.39, 0.29) is 5.41 Å². The van der Waals surface area contributed by atoms with Gasteiger partial charge in [-0.05, 0) is 66.6 Å². The van der Waals surface area contributed by atoms with Crippen LogP contribution in [0.3, 0.4) is 0 Å². The van der Waals surface area contributed by atoms with Gasteiger partial charge in [-0.3, -0.25) is 0 Å². The van der Waals surface area contributed by atoms with Crippen LogP contribution in [0.25, 0.3) is 0 Å². The molecule has 3 aliphatic rings. The van der Waals surface area contributed by atoms with E-state index in [9.17, 15) is 5.11 Å². The Morgan fingerprint density at radius 3 is 2.71 bits per heavy atom. The van der Waals surface area contributed by atoms with Crippen LogP contribution in [0, 0.1) is 28.1 Å². The topological polar surface area (TPSA) is 20.2 Å². The van der Waals surface area contributed by atoms with Gasteiger partial charge >= 0.3 is 0 Å². The van der Waals surface area contributed by atoms with Crippen LogP contribution in [0.15, 0.2) is 24.3 Å². The van der Waals surface area contributed by atoms with E-state index >= 15 is 0 Å². The Kier molecular flexibility index (Phi) is 3.64. The largest absolute Gasteiger partial charge is 0.396 e. The van der Waals surface area contributed by atoms with Crippen molar-refractivity contribution in [3.8, 4) is 0 Å². The zero-order chi connectivity index (χ0) is 15.3. The Morgan fingerprint density at radius 2 is 2.05 bits per heavy atom. The minimum absolute atomic E-state index is 0.133. The molecule has 0 unspecified atom stereocenters. The molecule has 0 heterocycles. The van der Waals surface area contributed by atoms with E-state index in [4.69, 9.17) is 0 Å². The number of allylic oxidation sites excluding steroid dienone is 3. The molecular weight excluding hydrogens is 256 g/mol. The molecule has 0 aromatic carbocycles. The summed E-state index contributed by atoms with van der Waals surface area (Å²) in [6, 6.07) is 0. The fraction of sp³-hybridized carbons (Fsp3) is 0.800. The van der Waals surface area contributed by atoms with Gasteiger partial charge in [0.1, 0.15) is 0 Å². The van der Waals surface area contributed by atoms with Crippen LogP contribution in [0.4, 0.5) is 0 Å². The third kappa shape index (κ3) is 2.23. The summed E-state index contributed by atoms with van der Waals surface area (Å²) in [5.74, 6) is 1.40. The first kappa shape index (κ1) is 15.3. The first-order valence-electron chi connectivity index (χ1n) is 8.80. The fourth-order valence-electron chi connectivity index (χ4n) is 5.93. The van der Waals surface area contributed by atoms with Crippen molar-refractivity contribution in [2.75, 3.05) is 6.61 Å². The van der Waals surface area contributed by atoms with Crippen molar-refractivity contribution in [2.24, 2.45) is 28.1 Å². The van der Waals surface area contributed by atoms with Gasteiger partial charge in [-0.25, -0.2) is 0 Å². The van der Waals surface area contributed by atoms with E-state index in [1.54, 1.807) is 5.57 Å². The molecule has 0 bridgehead atoms. The van der Waals surface area contributed by atoms with Gasteiger partial charge < -0.3 is 5.11 Å². The van der Waals surface area contributed by atoms with Crippen molar-refractivity contribution in [3.63, 3.8) is 0 Å². The molecule has 0 aliphatic heterocycles. The second-order valence-electron chi connectivity index (χ2n) is 8.87. The Morgan fingerprint density at radius 1 is 1.29 bits per heavy atom. The monoisotopic (exact) mass is 288 g/mol. The van der Waals surface area contributed by atoms with Crippen molar-refractivity contribution in [1.29, 1.82) is 0 Å². The maximum absolute atomic E-state index is 9.99. The van der Waals surface area contributed by atoms with E-state index in [0.29, 0.717) is 23.4 Å². The maximum atomic E-state index is 9.99. The van der Waals surface area contributed by atoms with Crippen LogP contribution in [0.1, 0.15) is 65.7 Å². The molecule has 0 spiro atoms. The third-order valence-corrected chi connectivity index (χ3v) is 7.43. The lowest BCUT2D eigenvalue weighted by Gasteiger charge is -2.59. The smallest absolute Gasteiger partial charge is 0.0487 e. The van der Waals surface area contributed by atoms with Crippen molar-refractivity contribution in [1.82, 2.24) is 0 Å². The number of aliphatic hydroxyl groups is 1. The lowest BCUT2D eigenvalue weighted by Crippen LogP contribution is -2.52. The number of hydrogen-bond acceptors (Lipinski definition) is 1. The Balaban J connectivity index is 1.94. The maximum Gasteiger partial charge on any atom is 0.0487 e. The predicted molar refractivity (Wildman–Crippen MR) is 89.0 cm³/mol. The Labute approximate surface area is 130 Å². The quantitative estimate of drug-likeness (QED) is 0.700. The highest BCUT2D eigenvalue weighted by Gasteiger charge is 2.55. The molecule has 1 heteroatoms. The second kappa shape index (κ2) is 4.98. The number of fused-ring (bicyclic) bond motifs is 3. The summed E-state index contributed by atoms with van der Waals surface area (Å²) < 4.78 is 0. The van der Waals surface area contributed by atoms with E-state index in [2.05, 4.69) is 39.5 Å². The third-order valence-electron chi connectivity index (χ3n) is 7.43.